The highest BCUT2D eigenvalue weighted by atomic mass is 19.1. The number of anilines is 1. The minimum Gasteiger partial charge on any atom is -0.370 e. The zero-order valence-corrected chi connectivity index (χ0v) is 12.5. The molecule has 106 valence electrons. The van der Waals surface area contributed by atoms with Gasteiger partial charge in [-0.25, -0.2) is 4.39 Å². The van der Waals surface area contributed by atoms with Crippen molar-refractivity contribution in [1.29, 1.82) is 0 Å². The average Bonchev–Trinajstić information content (AvgIpc) is 2.52. The molecule has 1 atom stereocenters. The molecule has 1 saturated heterocycles. The fourth-order valence-electron chi connectivity index (χ4n) is 2.64. The van der Waals surface area contributed by atoms with E-state index in [-0.39, 0.29) is 11.2 Å². The van der Waals surface area contributed by atoms with Crippen molar-refractivity contribution >= 4 is 5.69 Å². The molecule has 3 heteroatoms. The van der Waals surface area contributed by atoms with Crippen LogP contribution in [0.4, 0.5) is 10.1 Å². The van der Waals surface area contributed by atoms with Gasteiger partial charge in [0.05, 0.1) is 0 Å². The summed E-state index contributed by atoms with van der Waals surface area (Å²) in [7, 11) is 0. The number of nitrogens with zero attached hydrogens (tertiary/aromatic N) is 1. The molecule has 1 fully saturated rings. The van der Waals surface area contributed by atoms with E-state index in [2.05, 4.69) is 37.1 Å². The number of benzene rings is 1. The second-order valence-electron chi connectivity index (χ2n) is 6.66. The summed E-state index contributed by atoms with van der Waals surface area (Å²) in [5, 5.41) is 3.62. The molecule has 1 heterocycles. The monoisotopic (exact) mass is 264 g/mol. The van der Waals surface area contributed by atoms with Crippen LogP contribution in [0, 0.1) is 18.2 Å². The van der Waals surface area contributed by atoms with E-state index in [9.17, 15) is 4.39 Å². The standard InChI is InChI=1S/C16H25FN2/c1-12-8-13(17)10-14(9-12)19-7-5-6-18-15(11-19)16(2,3)4/h8-10,15,18H,5-7,11H2,1-4H3. The van der Waals surface area contributed by atoms with Crippen LogP contribution >= 0.6 is 0 Å². The molecule has 1 aliphatic heterocycles. The van der Waals surface area contributed by atoms with Crippen LogP contribution in [0.2, 0.25) is 0 Å². The van der Waals surface area contributed by atoms with Crippen molar-refractivity contribution in [3.63, 3.8) is 0 Å². The van der Waals surface area contributed by atoms with Gasteiger partial charge in [0.25, 0.3) is 0 Å². The first kappa shape index (κ1) is 14.3. The summed E-state index contributed by atoms with van der Waals surface area (Å²) < 4.78 is 13.6. The van der Waals surface area contributed by atoms with Gasteiger partial charge in [-0.05, 0) is 49.1 Å². The van der Waals surface area contributed by atoms with Crippen molar-refractivity contribution < 1.29 is 4.39 Å². The Labute approximate surface area is 116 Å². The van der Waals surface area contributed by atoms with E-state index in [4.69, 9.17) is 0 Å². The number of aryl methyl sites for hydroxylation is 1. The highest BCUT2D eigenvalue weighted by molar-refractivity contribution is 5.49. The van der Waals surface area contributed by atoms with Crippen molar-refractivity contribution in [3.05, 3.63) is 29.6 Å². The molecular formula is C16H25FN2. The number of halogens is 1. The molecule has 0 bridgehead atoms. The molecule has 2 nitrogen and oxygen atoms in total. The van der Waals surface area contributed by atoms with E-state index in [0.717, 1.165) is 37.3 Å². The van der Waals surface area contributed by atoms with Crippen LogP contribution in [0.5, 0.6) is 0 Å². The van der Waals surface area contributed by atoms with Gasteiger partial charge < -0.3 is 10.2 Å². The van der Waals surface area contributed by atoms with Crippen molar-refractivity contribution in [2.24, 2.45) is 5.41 Å². The molecule has 1 aromatic rings. The molecule has 1 aliphatic rings. The van der Waals surface area contributed by atoms with Crippen LogP contribution in [-0.2, 0) is 0 Å². The SMILES string of the molecule is Cc1cc(F)cc(N2CCCNC(C(C)(C)C)C2)c1. The summed E-state index contributed by atoms with van der Waals surface area (Å²) in [5.74, 6) is -0.139. The fourth-order valence-corrected chi connectivity index (χ4v) is 2.64. The quantitative estimate of drug-likeness (QED) is 0.837. The molecule has 0 spiro atoms. The third kappa shape index (κ3) is 3.69. The summed E-state index contributed by atoms with van der Waals surface area (Å²) >= 11 is 0. The van der Waals surface area contributed by atoms with Gasteiger partial charge in [0.2, 0.25) is 0 Å². The minimum absolute atomic E-state index is 0.139. The average molecular weight is 264 g/mol. The third-order valence-corrected chi connectivity index (χ3v) is 3.84. The molecule has 0 radical (unpaired) electrons. The molecule has 1 aromatic carbocycles. The lowest BCUT2D eigenvalue weighted by atomic mass is 9.86. The Kier molecular flexibility index (Phi) is 4.14. The van der Waals surface area contributed by atoms with Crippen molar-refractivity contribution in [3.8, 4) is 0 Å². The first-order valence-electron chi connectivity index (χ1n) is 7.12. The first-order chi connectivity index (χ1) is 8.86. The molecule has 0 aromatic heterocycles. The summed E-state index contributed by atoms with van der Waals surface area (Å²) in [6, 6.07) is 5.74. The topological polar surface area (TPSA) is 15.3 Å². The maximum absolute atomic E-state index is 13.6. The lowest BCUT2D eigenvalue weighted by Gasteiger charge is -2.34. The minimum atomic E-state index is -0.139. The maximum atomic E-state index is 13.6. The molecule has 19 heavy (non-hydrogen) atoms. The normalized spacial score (nSPS) is 21.3. The van der Waals surface area contributed by atoms with E-state index in [0.29, 0.717) is 6.04 Å². The van der Waals surface area contributed by atoms with Crippen LogP contribution in [0.15, 0.2) is 18.2 Å². The van der Waals surface area contributed by atoms with E-state index in [1.807, 2.05) is 6.92 Å². The zero-order chi connectivity index (χ0) is 14.0. The second-order valence-corrected chi connectivity index (χ2v) is 6.66. The largest absolute Gasteiger partial charge is 0.370 e. The van der Waals surface area contributed by atoms with Gasteiger partial charge >= 0.3 is 0 Å². The zero-order valence-electron chi connectivity index (χ0n) is 12.5. The Morgan fingerprint density at radius 3 is 2.63 bits per heavy atom. The van der Waals surface area contributed by atoms with Gasteiger partial charge in [-0.3, -0.25) is 0 Å². The molecular weight excluding hydrogens is 239 g/mol. The van der Waals surface area contributed by atoms with Gasteiger partial charge in [0.15, 0.2) is 0 Å². The Balaban J connectivity index is 2.22. The molecule has 1 unspecified atom stereocenters. The Morgan fingerprint density at radius 2 is 2.00 bits per heavy atom. The molecule has 0 saturated carbocycles. The molecule has 0 amide bonds. The predicted molar refractivity (Wildman–Crippen MR) is 79.2 cm³/mol. The molecule has 1 N–H and O–H groups in total. The Bertz CT molecular complexity index is 417. The summed E-state index contributed by atoms with van der Waals surface area (Å²) in [4.78, 5) is 2.31. The number of nitrogens with one attached hydrogen (secondary N) is 1. The van der Waals surface area contributed by atoms with E-state index in [1.54, 1.807) is 12.1 Å². The van der Waals surface area contributed by atoms with Crippen LogP contribution < -0.4 is 10.2 Å². The Hall–Kier alpha value is -1.09. The molecule has 2 rings (SSSR count). The maximum Gasteiger partial charge on any atom is 0.125 e. The third-order valence-electron chi connectivity index (χ3n) is 3.84. The van der Waals surface area contributed by atoms with Crippen LogP contribution in [0.1, 0.15) is 32.8 Å². The van der Waals surface area contributed by atoms with Crippen LogP contribution in [-0.4, -0.2) is 25.7 Å². The summed E-state index contributed by atoms with van der Waals surface area (Å²) in [6.45, 7) is 11.7. The van der Waals surface area contributed by atoms with Crippen molar-refractivity contribution in [2.45, 2.75) is 40.2 Å². The van der Waals surface area contributed by atoms with Gasteiger partial charge in [-0.15, -0.1) is 0 Å². The van der Waals surface area contributed by atoms with Gasteiger partial charge in [-0.2, -0.15) is 0 Å². The smallest absolute Gasteiger partial charge is 0.125 e. The van der Waals surface area contributed by atoms with Gasteiger partial charge in [0.1, 0.15) is 5.82 Å². The fraction of sp³-hybridized carbons (Fsp3) is 0.625. The highest BCUT2D eigenvalue weighted by Crippen LogP contribution is 2.25. The van der Waals surface area contributed by atoms with E-state index in [1.165, 1.54) is 0 Å². The lowest BCUT2D eigenvalue weighted by Crippen LogP contribution is -2.46. The van der Waals surface area contributed by atoms with Crippen LogP contribution in [0.25, 0.3) is 0 Å². The summed E-state index contributed by atoms with van der Waals surface area (Å²) in [5.41, 5.74) is 2.21. The highest BCUT2D eigenvalue weighted by Gasteiger charge is 2.28. The molecule has 0 aliphatic carbocycles. The number of hydrogen-bond donors (Lipinski definition) is 1. The van der Waals surface area contributed by atoms with Crippen molar-refractivity contribution in [1.82, 2.24) is 5.32 Å². The summed E-state index contributed by atoms with van der Waals surface area (Å²) in [6.07, 6.45) is 1.10. The number of rotatable bonds is 1. The predicted octanol–water partition coefficient (Wildman–Crippen LogP) is 3.35. The van der Waals surface area contributed by atoms with Crippen molar-refractivity contribution in [2.75, 3.05) is 24.5 Å². The van der Waals surface area contributed by atoms with Crippen LogP contribution in [0.3, 0.4) is 0 Å². The van der Waals surface area contributed by atoms with E-state index < -0.39 is 0 Å². The lowest BCUT2D eigenvalue weighted by molar-refractivity contribution is 0.280. The second kappa shape index (κ2) is 5.49. The van der Waals surface area contributed by atoms with E-state index >= 15 is 0 Å². The van der Waals surface area contributed by atoms with Gasteiger partial charge in [-0.1, -0.05) is 20.8 Å². The Morgan fingerprint density at radius 1 is 1.26 bits per heavy atom. The van der Waals surface area contributed by atoms with Gasteiger partial charge in [0, 0.05) is 24.8 Å². The first-order valence-corrected chi connectivity index (χ1v) is 7.12. The number of hydrogen-bond acceptors (Lipinski definition) is 2.